The molecule has 0 spiro atoms. The number of nitriles is 1. The van der Waals surface area contributed by atoms with Gasteiger partial charge in [0.1, 0.15) is 0 Å². The SMILES string of the molecule is N#CCCNC(=O)c1csc(I)c1. The summed E-state index contributed by atoms with van der Waals surface area (Å²) < 4.78 is 1.09. The van der Waals surface area contributed by atoms with Gasteiger partial charge in [-0.15, -0.1) is 11.3 Å². The second-order valence-corrected chi connectivity index (χ2v) is 5.11. The minimum atomic E-state index is -0.102. The highest BCUT2D eigenvalue weighted by Crippen LogP contribution is 2.16. The Kier molecular flexibility index (Phi) is 4.18. The molecule has 13 heavy (non-hydrogen) atoms. The van der Waals surface area contributed by atoms with Crippen molar-refractivity contribution in [2.45, 2.75) is 6.42 Å². The summed E-state index contributed by atoms with van der Waals surface area (Å²) in [5.41, 5.74) is 0.673. The van der Waals surface area contributed by atoms with Crippen LogP contribution in [0.3, 0.4) is 0 Å². The molecule has 5 heteroatoms. The fraction of sp³-hybridized carbons (Fsp3) is 0.250. The van der Waals surface area contributed by atoms with Crippen molar-refractivity contribution in [3.05, 3.63) is 19.9 Å². The van der Waals surface area contributed by atoms with Gasteiger partial charge >= 0.3 is 0 Å². The third-order valence-corrected chi connectivity index (χ3v) is 3.14. The van der Waals surface area contributed by atoms with E-state index in [-0.39, 0.29) is 5.91 Å². The maximum atomic E-state index is 11.3. The summed E-state index contributed by atoms with van der Waals surface area (Å²) in [5, 5.41) is 12.7. The van der Waals surface area contributed by atoms with Crippen LogP contribution in [0, 0.1) is 14.2 Å². The molecule has 0 saturated carbocycles. The minimum Gasteiger partial charge on any atom is -0.351 e. The van der Waals surface area contributed by atoms with Gasteiger partial charge in [0.25, 0.3) is 5.91 Å². The summed E-state index contributed by atoms with van der Waals surface area (Å²) >= 11 is 3.70. The van der Waals surface area contributed by atoms with E-state index in [1.54, 1.807) is 0 Å². The van der Waals surface area contributed by atoms with E-state index in [0.29, 0.717) is 18.5 Å². The lowest BCUT2D eigenvalue weighted by molar-refractivity contribution is 0.0955. The van der Waals surface area contributed by atoms with Crippen molar-refractivity contribution >= 4 is 39.8 Å². The molecule has 0 unspecified atom stereocenters. The molecule has 0 radical (unpaired) electrons. The monoisotopic (exact) mass is 306 g/mol. The van der Waals surface area contributed by atoms with Gasteiger partial charge in [-0.1, -0.05) is 0 Å². The summed E-state index contributed by atoms with van der Waals surface area (Å²) in [6.07, 6.45) is 0.354. The smallest absolute Gasteiger partial charge is 0.252 e. The Labute approximate surface area is 93.9 Å². The lowest BCUT2D eigenvalue weighted by atomic mass is 10.3. The highest BCUT2D eigenvalue weighted by Gasteiger charge is 2.05. The van der Waals surface area contributed by atoms with E-state index < -0.39 is 0 Å². The Morgan fingerprint density at radius 1 is 1.77 bits per heavy atom. The van der Waals surface area contributed by atoms with E-state index in [2.05, 4.69) is 27.9 Å². The van der Waals surface area contributed by atoms with E-state index in [1.165, 1.54) is 11.3 Å². The maximum Gasteiger partial charge on any atom is 0.252 e. The summed E-state index contributed by atoms with van der Waals surface area (Å²) in [7, 11) is 0. The second kappa shape index (κ2) is 5.19. The number of halogens is 1. The predicted octanol–water partition coefficient (Wildman–Crippen LogP) is 2.00. The third kappa shape index (κ3) is 3.32. The molecule has 3 nitrogen and oxygen atoms in total. The van der Waals surface area contributed by atoms with Gasteiger partial charge in [-0.2, -0.15) is 5.26 Å². The zero-order valence-corrected chi connectivity index (χ0v) is 9.68. The number of hydrogen-bond acceptors (Lipinski definition) is 3. The van der Waals surface area contributed by atoms with Crippen LogP contribution in [0.15, 0.2) is 11.4 Å². The van der Waals surface area contributed by atoms with E-state index in [9.17, 15) is 4.79 Å². The summed E-state index contributed by atoms with van der Waals surface area (Å²) in [5.74, 6) is -0.102. The number of amides is 1. The number of hydrogen-bond donors (Lipinski definition) is 1. The van der Waals surface area contributed by atoms with Crippen LogP contribution < -0.4 is 5.32 Å². The molecule has 1 aromatic heterocycles. The number of carbonyl (C=O) groups is 1. The third-order valence-electron chi connectivity index (χ3n) is 1.35. The Hall–Kier alpha value is -0.610. The Morgan fingerprint density at radius 3 is 3.08 bits per heavy atom. The van der Waals surface area contributed by atoms with Crippen LogP contribution in [-0.4, -0.2) is 12.5 Å². The van der Waals surface area contributed by atoms with Gasteiger partial charge in [0.05, 0.1) is 20.9 Å². The molecule has 1 aromatic rings. The average Bonchev–Trinajstić information content (AvgIpc) is 2.52. The second-order valence-electron chi connectivity index (χ2n) is 2.30. The summed E-state index contributed by atoms with van der Waals surface area (Å²) in [6, 6.07) is 3.79. The molecule has 0 aliphatic heterocycles. The van der Waals surface area contributed by atoms with E-state index >= 15 is 0 Å². The van der Waals surface area contributed by atoms with Gasteiger partial charge in [0.2, 0.25) is 0 Å². The number of rotatable bonds is 3. The highest BCUT2D eigenvalue weighted by atomic mass is 127. The summed E-state index contributed by atoms with van der Waals surface area (Å²) in [6.45, 7) is 0.418. The van der Waals surface area contributed by atoms with Gasteiger partial charge in [-0.05, 0) is 28.7 Å². The first kappa shape index (κ1) is 10.5. The van der Waals surface area contributed by atoms with Gasteiger partial charge in [0, 0.05) is 11.9 Å². The first-order valence-electron chi connectivity index (χ1n) is 3.63. The van der Waals surface area contributed by atoms with Crippen LogP contribution in [-0.2, 0) is 0 Å². The molecule has 0 aliphatic rings. The highest BCUT2D eigenvalue weighted by molar-refractivity contribution is 14.1. The van der Waals surface area contributed by atoms with Crippen molar-refractivity contribution in [3.63, 3.8) is 0 Å². The number of nitrogens with zero attached hydrogens (tertiary/aromatic N) is 1. The molecule has 1 amide bonds. The summed E-state index contributed by atoms with van der Waals surface area (Å²) in [4.78, 5) is 11.3. The van der Waals surface area contributed by atoms with E-state index in [1.807, 2.05) is 17.5 Å². The fourth-order valence-corrected chi connectivity index (χ4v) is 2.09. The van der Waals surface area contributed by atoms with E-state index in [0.717, 1.165) is 2.88 Å². The van der Waals surface area contributed by atoms with Crippen molar-refractivity contribution in [2.24, 2.45) is 0 Å². The number of carbonyl (C=O) groups excluding carboxylic acids is 1. The minimum absolute atomic E-state index is 0.102. The van der Waals surface area contributed by atoms with Gasteiger partial charge in [-0.25, -0.2) is 0 Å². The molecule has 0 bridgehead atoms. The number of nitrogens with one attached hydrogen (secondary N) is 1. The first-order valence-corrected chi connectivity index (χ1v) is 5.59. The Morgan fingerprint density at radius 2 is 2.54 bits per heavy atom. The van der Waals surface area contributed by atoms with Crippen LogP contribution in [0.25, 0.3) is 0 Å². The molecule has 0 aromatic carbocycles. The van der Waals surface area contributed by atoms with Crippen LogP contribution in [0.4, 0.5) is 0 Å². The lowest BCUT2D eigenvalue weighted by Gasteiger charge is -1.98. The van der Waals surface area contributed by atoms with Crippen molar-refractivity contribution in [2.75, 3.05) is 6.54 Å². The fourth-order valence-electron chi connectivity index (χ4n) is 0.763. The average molecular weight is 306 g/mol. The van der Waals surface area contributed by atoms with Crippen molar-refractivity contribution in [1.82, 2.24) is 5.32 Å². The van der Waals surface area contributed by atoms with Crippen LogP contribution in [0.2, 0.25) is 0 Å². The molecule has 68 valence electrons. The molecule has 0 fully saturated rings. The topological polar surface area (TPSA) is 52.9 Å². The van der Waals surface area contributed by atoms with Crippen LogP contribution in [0.5, 0.6) is 0 Å². The molecular formula is C8H7IN2OS. The maximum absolute atomic E-state index is 11.3. The molecule has 1 rings (SSSR count). The predicted molar refractivity (Wildman–Crippen MR) is 59.6 cm³/mol. The quantitative estimate of drug-likeness (QED) is 0.686. The zero-order chi connectivity index (χ0) is 9.68. The van der Waals surface area contributed by atoms with Crippen LogP contribution >= 0.6 is 33.9 Å². The van der Waals surface area contributed by atoms with Crippen LogP contribution in [0.1, 0.15) is 16.8 Å². The standard InChI is InChI=1S/C8H7IN2OS/c9-7-4-6(5-13-7)8(12)11-3-1-2-10/h4-5H,1,3H2,(H,11,12). The lowest BCUT2D eigenvalue weighted by Crippen LogP contribution is -2.23. The Bertz CT molecular complexity index is 342. The molecule has 0 saturated heterocycles. The van der Waals surface area contributed by atoms with Crippen molar-refractivity contribution in [1.29, 1.82) is 5.26 Å². The molecular weight excluding hydrogens is 299 g/mol. The van der Waals surface area contributed by atoms with Crippen molar-refractivity contribution in [3.8, 4) is 6.07 Å². The molecule has 0 atom stereocenters. The zero-order valence-electron chi connectivity index (χ0n) is 6.71. The van der Waals surface area contributed by atoms with Gasteiger partial charge in [0.15, 0.2) is 0 Å². The number of thiophene rings is 1. The van der Waals surface area contributed by atoms with Crippen molar-refractivity contribution < 1.29 is 4.79 Å². The van der Waals surface area contributed by atoms with Gasteiger partial charge in [-0.3, -0.25) is 4.79 Å². The first-order chi connectivity index (χ1) is 6.24. The normalized spacial score (nSPS) is 9.23. The largest absolute Gasteiger partial charge is 0.351 e. The molecule has 1 heterocycles. The molecule has 1 N–H and O–H groups in total. The van der Waals surface area contributed by atoms with E-state index in [4.69, 9.17) is 5.26 Å². The Balaban J connectivity index is 2.45. The van der Waals surface area contributed by atoms with Gasteiger partial charge < -0.3 is 5.32 Å². The molecule has 0 aliphatic carbocycles.